The van der Waals surface area contributed by atoms with E-state index in [1.165, 1.54) is 5.56 Å². The number of carbonyl (C=O) groups excluding carboxylic acids is 2. The Bertz CT molecular complexity index is 722. The summed E-state index contributed by atoms with van der Waals surface area (Å²) in [6.45, 7) is 6.97. The van der Waals surface area contributed by atoms with Crippen molar-refractivity contribution in [3.63, 3.8) is 0 Å². The molecular formula is C22H28O4. The number of rotatable bonds is 7. The summed E-state index contributed by atoms with van der Waals surface area (Å²) in [7, 11) is 1.58. The monoisotopic (exact) mass is 356 g/mol. The Balaban J connectivity index is 1.92. The summed E-state index contributed by atoms with van der Waals surface area (Å²) in [6, 6.07) is 4.25. The van der Waals surface area contributed by atoms with E-state index in [9.17, 15) is 9.59 Å². The van der Waals surface area contributed by atoms with Crippen LogP contribution in [0.1, 0.15) is 48.4 Å². The SMILES string of the molecule is CCc1cc(C)cc(CC)c1C1C(=O)C2=CC(COCOC)CC2C1=O. The number of ether oxygens (including phenoxy) is 2. The largest absolute Gasteiger partial charge is 0.359 e. The highest BCUT2D eigenvalue weighted by molar-refractivity contribution is 6.24. The highest BCUT2D eigenvalue weighted by Crippen LogP contribution is 2.46. The molecule has 3 rings (SSSR count). The number of hydrogen-bond acceptors (Lipinski definition) is 4. The fourth-order valence-corrected chi connectivity index (χ4v) is 4.47. The van der Waals surface area contributed by atoms with Gasteiger partial charge in [-0.1, -0.05) is 37.6 Å². The van der Waals surface area contributed by atoms with E-state index in [0.29, 0.717) is 18.6 Å². The van der Waals surface area contributed by atoms with Crippen LogP contribution in [0, 0.1) is 18.8 Å². The molecule has 2 aliphatic carbocycles. The van der Waals surface area contributed by atoms with Gasteiger partial charge >= 0.3 is 0 Å². The molecule has 2 aliphatic rings. The lowest BCUT2D eigenvalue weighted by Gasteiger charge is -2.19. The molecule has 0 amide bonds. The number of Topliss-reactive ketones (excluding diaryl/α,β-unsaturated/α-hetero) is 2. The van der Waals surface area contributed by atoms with Crippen LogP contribution in [0.4, 0.5) is 0 Å². The van der Waals surface area contributed by atoms with Gasteiger partial charge in [-0.05, 0) is 42.9 Å². The number of aryl methyl sites for hydroxylation is 3. The molecule has 0 aliphatic heterocycles. The van der Waals surface area contributed by atoms with Crippen LogP contribution >= 0.6 is 0 Å². The van der Waals surface area contributed by atoms with Crippen LogP contribution in [-0.4, -0.2) is 32.1 Å². The van der Waals surface area contributed by atoms with Crippen molar-refractivity contribution in [2.24, 2.45) is 11.8 Å². The molecule has 140 valence electrons. The topological polar surface area (TPSA) is 52.6 Å². The van der Waals surface area contributed by atoms with Crippen LogP contribution in [-0.2, 0) is 31.9 Å². The lowest BCUT2D eigenvalue weighted by atomic mass is 9.83. The van der Waals surface area contributed by atoms with Gasteiger partial charge in [-0.15, -0.1) is 0 Å². The molecule has 1 aromatic rings. The molecule has 0 saturated heterocycles. The summed E-state index contributed by atoms with van der Waals surface area (Å²) in [5, 5.41) is 0. The Labute approximate surface area is 155 Å². The molecule has 0 bridgehead atoms. The number of fused-ring (bicyclic) bond motifs is 1. The molecule has 0 spiro atoms. The van der Waals surface area contributed by atoms with Crippen molar-refractivity contribution in [1.29, 1.82) is 0 Å². The summed E-state index contributed by atoms with van der Waals surface area (Å²) in [5.41, 5.74) is 5.13. The second-order valence-corrected chi connectivity index (χ2v) is 7.35. The lowest BCUT2D eigenvalue weighted by molar-refractivity contribution is -0.125. The molecule has 0 heterocycles. The maximum Gasteiger partial charge on any atom is 0.174 e. The highest BCUT2D eigenvalue weighted by atomic mass is 16.7. The summed E-state index contributed by atoms with van der Waals surface area (Å²) >= 11 is 0. The molecule has 1 aromatic carbocycles. The standard InChI is InChI=1S/C22H28O4/c1-5-15-7-13(3)8-16(6-2)19(15)20-21(23)17-9-14(11-26-12-25-4)10-18(17)22(20)24/h7-9,14,18,20H,5-6,10-12H2,1-4H3. The van der Waals surface area contributed by atoms with Crippen LogP contribution in [0.25, 0.3) is 0 Å². The van der Waals surface area contributed by atoms with Crippen molar-refractivity contribution in [3.05, 3.63) is 46.0 Å². The van der Waals surface area contributed by atoms with E-state index in [-0.39, 0.29) is 30.2 Å². The first-order valence-corrected chi connectivity index (χ1v) is 9.50. The minimum absolute atomic E-state index is 0.00231. The second-order valence-electron chi connectivity index (χ2n) is 7.35. The van der Waals surface area contributed by atoms with E-state index < -0.39 is 5.92 Å². The van der Waals surface area contributed by atoms with Gasteiger partial charge in [0.25, 0.3) is 0 Å². The predicted molar refractivity (Wildman–Crippen MR) is 100 cm³/mol. The molecular weight excluding hydrogens is 328 g/mol. The minimum Gasteiger partial charge on any atom is -0.359 e. The van der Waals surface area contributed by atoms with Gasteiger partial charge in [0.2, 0.25) is 0 Å². The molecule has 1 saturated carbocycles. The number of benzene rings is 1. The Morgan fingerprint density at radius 2 is 1.77 bits per heavy atom. The maximum absolute atomic E-state index is 13.2. The van der Waals surface area contributed by atoms with Crippen molar-refractivity contribution >= 4 is 11.6 Å². The molecule has 3 unspecified atom stereocenters. The van der Waals surface area contributed by atoms with Gasteiger partial charge in [-0.25, -0.2) is 0 Å². The number of hydrogen-bond donors (Lipinski definition) is 0. The van der Waals surface area contributed by atoms with Crippen molar-refractivity contribution in [3.8, 4) is 0 Å². The molecule has 0 N–H and O–H groups in total. The molecule has 26 heavy (non-hydrogen) atoms. The van der Waals surface area contributed by atoms with E-state index >= 15 is 0 Å². The summed E-state index contributed by atoms with van der Waals surface area (Å²) in [4.78, 5) is 26.3. The van der Waals surface area contributed by atoms with Gasteiger partial charge in [0.1, 0.15) is 12.7 Å². The first-order valence-electron chi connectivity index (χ1n) is 9.50. The normalized spacial score (nSPS) is 24.9. The number of ketones is 2. The minimum atomic E-state index is -0.613. The van der Waals surface area contributed by atoms with E-state index in [0.717, 1.165) is 29.5 Å². The van der Waals surface area contributed by atoms with Gasteiger partial charge in [0.05, 0.1) is 6.61 Å². The van der Waals surface area contributed by atoms with Crippen LogP contribution in [0.2, 0.25) is 0 Å². The van der Waals surface area contributed by atoms with Crippen LogP contribution in [0.5, 0.6) is 0 Å². The average molecular weight is 356 g/mol. The Kier molecular flexibility index (Phi) is 5.73. The van der Waals surface area contributed by atoms with Gasteiger partial charge in [0.15, 0.2) is 11.6 Å². The first kappa shape index (κ1) is 19.0. The summed E-state index contributed by atoms with van der Waals surface area (Å²) < 4.78 is 10.3. The molecule has 0 radical (unpaired) electrons. The summed E-state index contributed by atoms with van der Waals surface area (Å²) in [5.74, 6) is -0.684. The Hall–Kier alpha value is -1.78. The quantitative estimate of drug-likeness (QED) is 0.426. The fourth-order valence-electron chi connectivity index (χ4n) is 4.47. The van der Waals surface area contributed by atoms with Gasteiger partial charge in [-0.3, -0.25) is 9.59 Å². The molecule has 1 fully saturated rings. The van der Waals surface area contributed by atoms with Crippen LogP contribution in [0.15, 0.2) is 23.8 Å². The van der Waals surface area contributed by atoms with Crippen molar-refractivity contribution in [2.75, 3.05) is 20.5 Å². The molecule has 3 atom stereocenters. The van der Waals surface area contributed by atoms with Crippen LogP contribution in [0.3, 0.4) is 0 Å². The smallest absolute Gasteiger partial charge is 0.174 e. The average Bonchev–Trinajstić information content (AvgIpc) is 3.14. The van der Waals surface area contributed by atoms with Crippen molar-refractivity contribution in [2.45, 2.75) is 46.0 Å². The first-order chi connectivity index (χ1) is 12.5. The highest BCUT2D eigenvalue weighted by Gasteiger charge is 2.50. The zero-order valence-electron chi connectivity index (χ0n) is 16.1. The third-order valence-corrected chi connectivity index (χ3v) is 5.58. The Morgan fingerprint density at radius 1 is 1.12 bits per heavy atom. The summed E-state index contributed by atoms with van der Waals surface area (Å²) in [6.07, 6.45) is 4.30. The van der Waals surface area contributed by atoms with E-state index in [4.69, 9.17) is 9.47 Å². The molecule has 0 aromatic heterocycles. The van der Waals surface area contributed by atoms with Gasteiger partial charge in [0, 0.05) is 24.5 Å². The van der Waals surface area contributed by atoms with Crippen molar-refractivity contribution < 1.29 is 19.1 Å². The zero-order valence-corrected chi connectivity index (χ0v) is 16.1. The number of carbonyl (C=O) groups is 2. The van der Waals surface area contributed by atoms with E-state index in [1.807, 2.05) is 6.08 Å². The molecule has 4 nitrogen and oxygen atoms in total. The fraction of sp³-hybridized carbons (Fsp3) is 0.545. The van der Waals surface area contributed by atoms with Gasteiger partial charge < -0.3 is 9.47 Å². The van der Waals surface area contributed by atoms with E-state index in [2.05, 4.69) is 32.9 Å². The predicted octanol–water partition coefficient (Wildman–Crippen LogP) is 3.54. The zero-order chi connectivity index (χ0) is 18.8. The van der Waals surface area contributed by atoms with Crippen molar-refractivity contribution in [1.82, 2.24) is 0 Å². The Morgan fingerprint density at radius 3 is 2.31 bits per heavy atom. The van der Waals surface area contributed by atoms with Gasteiger partial charge in [-0.2, -0.15) is 0 Å². The third kappa shape index (κ3) is 3.28. The third-order valence-electron chi connectivity index (χ3n) is 5.58. The second kappa shape index (κ2) is 7.85. The lowest BCUT2D eigenvalue weighted by Crippen LogP contribution is -2.21. The molecule has 4 heteroatoms. The maximum atomic E-state index is 13.2. The number of allylic oxidation sites excluding steroid dienone is 1. The van der Waals surface area contributed by atoms with Crippen LogP contribution < -0.4 is 0 Å². The number of methoxy groups -OCH3 is 1. The van der Waals surface area contributed by atoms with E-state index in [1.54, 1.807) is 7.11 Å².